The van der Waals surface area contributed by atoms with Gasteiger partial charge in [-0.25, -0.2) is 4.79 Å². The lowest BCUT2D eigenvalue weighted by molar-refractivity contribution is -0.121. The third-order valence-electron chi connectivity index (χ3n) is 3.56. The zero-order chi connectivity index (χ0) is 15.8. The molecular formula is C16H22N2O4. The molecule has 1 heterocycles. The Kier molecular flexibility index (Phi) is 6.06. The van der Waals surface area contributed by atoms with Crippen LogP contribution in [0.15, 0.2) is 24.3 Å². The molecule has 1 N–H and O–H groups in total. The van der Waals surface area contributed by atoms with Gasteiger partial charge in [0.25, 0.3) is 0 Å². The van der Waals surface area contributed by atoms with E-state index in [1.807, 2.05) is 24.3 Å². The molecule has 1 saturated heterocycles. The van der Waals surface area contributed by atoms with Crippen LogP contribution >= 0.6 is 0 Å². The van der Waals surface area contributed by atoms with Gasteiger partial charge in [0, 0.05) is 26.1 Å². The van der Waals surface area contributed by atoms with Crippen molar-refractivity contribution in [1.29, 1.82) is 0 Å². The van der Waals surface area contributed by atoms with Gasteiger partial charge in [0.15, 0.2) is 0 Å². The number of nitrogens with one attached hydrogen (secondary N) is 1. The summed E-state index contributed by atoms with van der Waals surface area (Å²) in [6.45, 7) is 2.13. The maximum atomic E-state index is 11.8. The normalized spacial score (nSPS) is 14.4. The topological polar surface area (TPSA) is 67.9 Å². The van der Waals surface area contributed by atoms with E-state index in [-0.39, 0.29) is 12.0 Å². The van der Waals surface area contributed by atoms with Crippen molar-refractivity contribution in [3.8, 4) is 5.75 Å². The summed E-state index contributed by atoms with van der Waals surface area (Å²) in [5.41, 5.74) is 1.09. The molecule has 2 rings (SSSR count). The van der Waals surface area contributed by atoms with E-state index < -0.39 is 0 Å². The Morgan fingerprint density at radius 2 is 2.14 bits per heavy atom. The first-order chi connectivity index (χ1) is 10.7. The van der Waals surface area contributed by atoms with E-state index in [9.17, 15) is 9.59 Å². The van der Waals surface area contributed by atoms with Crippen LogP contribution in [0.25, 0.3) is 0 Å². The number of methoxy groups -OCH3 is 1. The maximum Gasteiger partial charge on any atom is 0.409 e. The average molecular weight is 306 g/mol. The first-order valence-corrected chi connectivity index (χ1v) is 7.50. The van der Waals surface area contributed by atoms with Crippen molar-refractivity contribution in [3.63, 3.8) is 0 Å². The summed E-state index contributed by atoms with van der Waals surface area (Å²) >= 11 is 0. The third-order valence-corrected chi connectivity index (χ3v) is 3.56. The minimum Gasteiger partial charge on any atom is -0.497 e. The second-order valence-electron chi connectivity index (χ2n) is 5.15. The summed E-state index contributed by atoms with van der Waals surface area (Å²) in [4.78, 5) is 24.8. The smallest absolute Gasteiger partial charge is 0.409 e. The lowest BCUT2D eigenvalue weighted by Gasteiger charge is -2.26. The number of hydrogen-bond donors (Lipinski definition) is 1. The van der Waals surface area contributed by atoms with Crippen molar-refractivity contribution in [2.75, 3.05) is 33.4 Å². The molecule has 0 bridgehead atoms. The van der Waals surface area contributed by atoms with Gasteiger partial charge >= 0.3 is 6.09 Å². The number of cyclic esters (lactones) is 1. The van der Waals surface area contributed by atoms with Crippen molar-refractivity contribution in [3.05, 3.63) is 29.8 Å². The van der Waals surface area contributed by atoms with Crippen molar-refractivity contribution in [1.82, 2.24) is 10.2 Å². The Balaban J connectivity index is 1.64. The molecule has 0 saturated carbocycles. The number of amides is 2. The average Bonchev–Trinajstić information content (AvgIpc) is 2.55. The Labute approximate surface area is 130 Å². The van der Waals surface area contributed by atoms with E-state index in [1.54, 1.807) is 12.0 Å². The first kappa shape index (κ1) is 16.1. The fourth-order valence-electron chi connectivity index (χ4n) is 2.27. The van der Waals surface area contributed by atoms with Gasteiger partial charge in [0.2, 0.25) is 5.91 Å². The van der Waals surface area contributed by atoms with Crippen LogP contribution in [0.4, 0.5) is 4.79 Å². The second-order valence-corrected chi connectivity index (χ2v) is 5.15. The molecule has 1 fully saturated rings. The molecule has 0 atom stereocenters. The molecule has 22 heavy (non-hydrogen) atoms. The fraction of sp³-hybridized carbons (Fsp3) is 0.500. The number of rotatable bonds is 7. The second kappa shape index (κ2) is 8.26. The highest BCUT2D eigenvalue weighted by molar-refractivity contribution is 5.76. The van der Waals surface area contributed by atoms with Crippen LogP contribution in [0.3, 0.4) is 0 Å². The number of carbonyl (C=O) groups excluding carboxylic acids is 2. The molecule has 2 amide bonds. The zero-order valence-electron chi connectivity index (χ0n) is 12.8. The van der Waals surface area contributed by atoms with Crippen LogP contribution in [0.1, 0.15) is 18.4 Å². The van der Waals surface area contributed by atoms with E-state index in [4.69, 9.17) is 9.47 Å². The number of benzene rings is 1. The highest BCUT2D eigenvalue weighted by Crippen LogP contribution is 2.12. The Morgan fingerprint density at radius 1 is 1.36 bits per heavy atom. The van der Waals surface area contributed by atoms with Crippen molar-refractivity contribution < 1.29 is 19.1 Å². The number of ether oxygens (including phenoxy) is 2. The van der Waals surface area contributed by atoms with Crippen molar-refractivity contribution >= 4 is 12.0 Å². The van der Waals surface area contributed by atoms with Crippen molar-refractivity contribution in [2.45, 2.75) is 19.3 Å². The minimum absolute atomic E-state index is 0.0128. The van der Waals surface area contributed by atoms with Crippen LogP contribution in [0.5, 0.6) is 5.75 Å². The maximum absolute atomic E-state index is 11.8. The lowest BCUT2D eigenvalue weighted by atomic mass is 10.1. The van der Waals surface area contributed by atoms with E-state index in [0.29, 0.717) is 39.1 Å². The minimum atomic E-state index is -0.293. The largest absolute Gasteiger partial charge is 0.497 e. The highest BCUT2D eigenvalue weighted by Gasteiger charge is 2.18. The van der Waals surface area contributed by atoms with E-state index in [2.05, 4.69) is 5.32 Å². The number of carbonyl (C=O) groups is 2. The van der Waals surface area contributed by atoms with E-state index >= 15 is 0 Å². The van der Waals surface area contributed by atoms with Crippen LogP contribution < -0.4 is 10.1 Å². The number of aryl methyl sites for hydroxylation is 1. The highest BCUT2D eigenvalue weighted by atomic mass is 16.6. The van der Waals surface area contributed by atoms with Gasteiger partial charge < -0.3 is 19.7 Å². The van der Waals surface area contributed by atoms with Crippen LogP contribution in [-0.2, 0) is 16.0 Å². The summed E-state index contributed by atoms with van der Waals surface area (Å²) < 4.78 is 10.0. The van der Waals surface area contributed by atoms with Crippen LogP contribution in [0.2, 0.25) is 0 Å². The number of hydrogen-bond acceptors (Lipinski definition) is 4. The van der Waals surface area contributed by atoms with Crippen molar-refractivity contribution in [2.24, 2.45) is 0 Å². The van der Waals surface area contributed by atoms with Gasteiger partial charge in [-0.1, -0.05) is 12.1 Å². The molecule has 0 aromatic heterocycles. The molecule has 0 radical (unpaired) electrons. The zero-order valence-corrected chi connectivity index (χ0v) is 12.8. The molecule has 1 aliphatic rings. The quantitative estimate of drug-likeness (QED) is 0.830. The molecule has 1 aliphatic heterocycles. The van der Waals surface area contributed by atoms with Crippen LogP contribution in [-0.4, -0.2) is 50.3 Å². The SMILES string of the molecule is COc1ccc(CCC(=O)NCCN2CCCOC2=O)cc1. The Bertz CT molecular complexity index is 501. The Morgan fingerprint density at radius 3 is 2.82 bits per heavy atom. The molecule has 6 heteroatoms. The molecule has 0 aliphatic carbocycles. The molecular weight excluding hydrogens is 284 g/mol. The van der Waals surface area contributed by atoms with Gasteiger partial charge in [-0.2, -0.15) is 0 Å². The van der Waals surface area contributed by atoms with Crippen LogP contribution in [0, 0.1) is 0 Å². The summed E-state index contributed by atoms with van der Waals surface area (Å²) in [5, 5.41) is 2.83. The van der Waals surface area contributed by atoms with E-state index in [0.717, 1.165) is 17.7 Å². The number of nitrogens with zero attached hydrogens (tertiary/aromatic N) is 1. The third kappa shape index (κ3) is 4.95. The molecule has 0 unspecified atom stereocenters. The first-order valence-electron chi connectivity index (χ1n) is 7.50. The van der Waals surface area contributed by atoms with Gasteiger partial charge in [0.05, 0.1) is 13.7 Å². The molecule has 0 spiro atoms. The summed E-state index contributed by atoms with van der Waals surface area (Å²) in [6.07, 6.45) is 1.66. The molecule has 120 valence electrons. The summed E-state index contributed by atoms with van der Waals surface area (Å²) in [7, 11) is 1.63. The fourth-order valence-corrected chi connectivity index (χ4v) is 2.27. The van der Waals surface area contributed by atoms with Gasteiger partial charge in [-0.15, -0.1) is 0 Å². The monoisotopic (exact) mass is 306 g/mol. The lowest BCUT2D eigenvalue weighted by Crippen LogP contribution is -2.42. The van der Waals surface area contributed by atoms with Gasteiger partial charge in [-0.3, -0.25) is 4.79 Å². The predicted molar refractivity (Wildman–Crippen MR) is 81.9 cm³/mol. The molecule has 1 aromatic rings. The van der Waals surface area contributed by atoms with E-state index in [1.165, 1.54) is 0 Å². The standard InChI is InChI=1S/C16H22N2O4/c1-21-14-6-3-13(4-7-14)5-8-15(19)17-9-11-18-10-2-12-22-16(18)20/h3-4,6-7H,2,5,8-12H2,1H3,(H,17,19). The van der Waals surface area contributed by atoms with Gasteiger partial charge in [0.1, 0.15) is 5.75 Å². The predicted octanol–water partition coefficient (Wildman–Crippen LogP) is 1.59. The molecule has 1 aromatic carbocycles. The molecule has 6 nitrogen and oxygen atoms in total. The Hall–Kier alpha value is -2.24. The summed E-state index contributed by atoms with van der Waals surface area (Å²) in [5.74, 6) is 0.794. The van der Waals surface area contributed by atoms with Gasteiger partial charge in [-0.05, 0) is 30.5 Å². The summed E-state index contributed by atoms with van der Waals surface area (Å²) in [6, 6.07) is 7.68.